The van der Waals surface area contributed by atoms with Crippen molar-refractivity contribution >= 4 is 5.76 Å². The van der Waals surface area contributed by atoms with Crippen LogP contribution in [0.5, 0.6) is 0 Å². The summed E-state index contributed by atoms with van der Waals surface area (Å²) in [6.07, 6.45) is 9.08. The predicted octanol–water partition coefficient (Wildman–Crippen LogP) is 2.18. The Balaban J connectivity index is 1.30. The Morgan fingerprint density at radius 1 is 1.19 bits per heavy atom. The van der Waals surface area contributed by atoms with Gasteiger partial charge in [0.15, 0.2) is 0 Å². The fourth-order valence-electron chi connectivity index (χ4n) is 3.32. The third kappa shape index (κ3) is 2.77. The number of piperidine rings is 1. The Morgan fingerprint density at radius 3 is 2.71 bits per heavy atom. The minimum Gasteiger partial charge on any atom is -0.461 e. The molecule has 2 aliphatic heterocycles. The van der Waals surface area contributed by atoms with Crippen molar-refractivity contribution < 1.29 is 14.0 Å². The maximum atomic E-state index is 5.34. The molecular formula is C15H21N3O3. The first-order chi connectivity index (χ1) is 10.4. The Bertz CT molecular complexity index is 516. The molecule has 0 amide bonds. The summed E-state index contributed by atoms with van der Waals surface area (Å²) < 4.78 is 15.6. The van der Waals surface area contributed by atoms with Crippen LogP contribution in [0.3, 0.4) is 0 Å². The second kappa shape index (κ2) is 5.67. The summed E-state index contributed by atoms with van der Waals surface area (Å²) in [5.74, 6) is 2.42. The largest absolute Gasteiger partial charge is 0.461 e. The average molecular weight is 291 g/mol. The van der Waals surface area contributed by atoms with Gasteiger partial charge in [0.2, 0.25) is 24.3 Å². The molecule has 0 N–H and O–H groups in total. The zero-order valence-corrected chi connectivity index (χ0v) is 12.2. The van der Waals surface area contributed by atoms with Gasteiger partial charge in [-0.1, -0.05) is 11.6 Å². The average Bonchev–Trinajstić information content (AvgIpc) is 3.09. The van der Waals surface area contributed by atoms with Crippen molar-refractivity contribution in [2.45, 2.75) is 44.6 Å². The first kappa shape index (κ1) is 13.1. The van der Waals surface area contributed by atoms with E-state index in [0.717, 1.165) is 12.5 Å². The topological polar surface area (TPSA) is 60.6 Å². The molecule has 0 aromatic carbocycles. The quantitative estimate of drug-likeness (QED) is 0.847. The van der Waals surface area contributed by atoms with Crippen LogP contribution in [0.15, 0.2) is 10.8 Å². The summed E-state index contributed by atoms with van der Waals surface area (Å²) in [4.78, 5) is 7.06. The van der Waals surface area contributed by atoms with Gasteiger partial charge in [0, 0.05) is 12.5 Å². The van der Waals surface area contributed by atoms with Crippen molar-refractivity contribution in [3.8, 4) is 0 Å². The highest BCUT2D eigenvalue weighted by atomic mass is 16.7. The van der Waals surface area contributed by atoms with Gasteiger partial charge >= 0.3 is 0 Å². The Morgan fingerprint density at radius 2 is 2.05 bits per heavy atom. The van der Waals surface area contributed by atoms with E-state index in [0.29, 0.717) is 23.4 Å². The number of ether oxygens (including phenoxy) is 2. The van der Waals surface area contributed by atoms with Gasteiger partial charge in [-0.05, 0) is 44.7 Å². The maximum Gasteiger partial charge on any atom is 0.240 e. The molecule has 3 aliphatic rings. The van der Waals surface area contributed by atoms with Gasteiger partial charge in [-0.2, -0.15) is 4.98 Å². The standard InChI is InChI=1S/C15H21N3O3/c1-2-12(3-1)18-6-4-11(5-7-18)8-14-16-15(17-21-14)13-9-19-10-20-13/h9,11-12H,1-8,10H2. The predicted molar refractivity (Wildman–Crippen MR) is 75.0 cm³/mol. The number of rotatable bonds is 4. The minimum atomic E-state index is 0.235. The van der Waals surface area contributed by atoms with E-state index in [9.17, 15) is 0 Å². The minimum absolute atomic E-state index is 0.235. The first-order valence-electron chi connectivity index (χ1n) is 7.90. The lowest BCUT2D eigenvalue weighted by atomic mass is 9.87. The smallest absolute Gasteiger partial charge is 0.240 e. The molecule has 1 aliphatic carbocycles. The summed E-state index contributed by atoms with van der Waals surface area (Å²) >= 11 is 0. The lowest BCUT2D eigenvalue weighted by molar-refractivity contribution is 0.0828. The van der Waals surface area contributed by atoms with Crippen molar-refractivity contribution in [3.63, 3.8) is 0 Å². The monoisotopic (exact) mass is 291 g/mol. The normalized spacial score (nSPS) is 24.3. The van der Waals surface area contributed by atoms with E-state index in [1.54, 1.807) is 0 Å². The highest BCUT2D eigenvalue weighted by Gasteiger charge is 2.29. The Kier molecular flexibility index (Phi) is 3.55. The summed E-state index contributed by atoms with van der Waals surface area (Å²) in [6.45, 7) is 2.68. The molecule has 0 atom stereocenters. The molecule has 1 saturated heterocycles. The van der Waals surface area contributed by atoms with Crippen molar-refractivity contribution in [3.05, 3.63) is 18.0 Å². The van der Waals surface area contributed by atoms with Gasteiger partial charge in [-0.25, -0.2) is 0 Å². The Hall–Kier alpha value is -1.56. The Labute approximate surface area is 124 Å². The number of nitrogens with zero attached hydrogens (tertiary/aromatic N) is 3. The summed E-state index contributed by atoms with van der Waals surface area (Å²) in [5.41, 5.74) is 0. The van der Waals surface area contributed by atoms with Crippen molar-refractivity contribution in [1.82, 2.24) is 15.0 Å². The summed E-state index contributed by atoms with van der Waals surface area (Å²) in [5, 5.41) is 3.96. The van der Waals surface area contributed by atoms with Crippen molar-refractivity contribution in [2.24, 2.45) is 5.92 Å². The third-order valence-corrected chi connectivity index (χ3v) is 4.86. The SMILES string of the molecule is C1=C(c2noc(CC3CCN(C4CCC4)CC3)n2)OCO1. The molecule has 0 spiro atoms. The van der Waals surface area contributed by atoms with Crippen LogP contribution in [0.1, 0.15) is 43.8 Å². The van der Waals surface area contributed by atoms with Crippen LogP contribution in [-0.2, 0) is 15.9 Å². The van der Waals surface area contributed by atoms with Crippen LogP contribution < -0.4 is 0 Å². The van der Waals surface area contributed by atoms with E-state index in [4.69, 9.17) is 14.0 Å². The molecule has 1 saturated carbocycles. The highest BCUT2D eigenvalue weighted by Crippen LogP contribution is 2.30. The zero-order chi connectivity index (χ0) is 14.1. The van der Waals surface area contributed by atoms with E-state index < -0.39 is 0 Å². The summed E-state index contributed by atoms with van der Waals surface area (Å²) in [7, 11) is 0. The van der Waals surface area contributed by atoms with E-state index in [-0.39, 0.29) is 6.79 Å². The van der Waals surface area contributed by atoms with Crippen LogP contribution in [0.25, 0.3) is 5.76 Å². The van der Waals surface area contributed by atoms with E-state index in [1.807, 2.05) is 0 Å². The summed E-state index contributed by atoms with van der Waals surface area (Å²) in [6, 6.07) is 0.868. The molecule has 3 heterocycles. The number of aromatic nitrogens is 2. The molecular weight excluding hydrogens is 270 g/mol. The lowest BCUT2D eigenvalue weighted by Crippen LogP contribution is -2.45. The number of hydrogen-bond donors (Lipinski definition) is 0. The van der Waals surface area contributed by atoms with E-state index in [1.165, 1.54) is 51.5 Å². The lowest BCUT2D eigenvalue weighted by Gasteiger charge is -2.41. The number of likely N-dealkylation sites (tertiary alicyclic amines) is 1. The maximum absolute atomic E-state index is 5.34. The van der Waals surface area contributed by atoms with Gasteiger partial charge in [0.1, 0.15) is 6.26 Å². The van der Waals surface area contributed by atoms with Gasteiger partial charge in [-0.3, -0.25) is 0 Å². The van der Waals surface area contributed by atoms with E-state index in [2.05, 4.69) is 15.0 Å². The van der Waals surface area contributed by atoms with Crippen molar-refractivity contribution in [2.75, 3.05) is 19.9 Å². The zero-order valence-electron chi connectivity index (χ0n) is 12.2. The number of hydrogen-bond acceptors (Lipinski definition) is 6. The third-order valence-electron chi connectivity index (χ3n) is 4.86. The molecule has 1 aromatic rings. The van der Waals surface area contributed by atoms with E-state index >= 15 is 0 Å². The molecule has 4 rings (SSSR count). The van der Waals surface area contributed by atoms with Crippen LogP contribution >= 0.6 is 0 Å². The second-order valence-corrected chi connectivity index (χ2v) is 6.19. The molecule has 0 radical (unpaired) electrons. The highest BCUT2D eigenvalue weighted by molar-refractivity contribution is 5.51. The molecule has 1 aromatic heterocycles. The van der Waals surface area contributed by atoms with Crippen LogP contribution in [0.2, 0.25) is 0 Å². The van der Waals surface area contributed by atoms with Crippen molar-refractivity contribution in [1.29, 1.82) is 0 Å². The molecule has 0 bridgehead atoms. The molecule has 2 fully saturated rings. The molecule has 0 unspecified atom stereocenters. The van der Waals surface area contributed by atoms with Gasteiger partial charge in [0.05, 0.1) is 0 Å². The van der Waals surface area contributed by atoms with Crippen LogP contribution in [0, 0.1) is 5.92 Å². The second-order valence-electron chi connectivity index (χ2n) is 6.19. The molecule has 21 heavy (non-hydrogen) atoms. The fourth-order valence-corrected chi connectivity index (χ4v) is 3.32. The molecule has 114 valence electrons. The van der Waals surface area contributed by atoms with Gasteiger partial charge in [0.25, 0.3) is 0 Å². The van der Waals surface area contributed by atoms with Crippen LogP contribution in [0.4, 0.5) is 0 Å². The first-order valence-corrected chi connectivity index (χ1v) is 7.90. The fraction of sp³-hybridized carbons (Fsp3) is 0.733. The molecule has 6 heteroatoms. The molecule has 6 nitrogen and oxygen atoms in total. The van der Waals surface area contributed by atoms with Crippen LogP contribution in [-0.4, -0.2) is 41.0 Å². The van der Waals surface area contributed by atoms with Gasteiger partial charge < -0.3 is 18.9 Å². The van der Waals surface area contributed by atoms with Gasteiger partial charge in [-0.15, -0.1) is 0 Å².